The summed E-state index contributed by atoms with van der Waals surface area (Å²) in [6, 6.07) is 21.1. The van der Waals surface area contributed by atoms with Crippen molar-refractivity contribution in [3.05, 3.63) is 89.5 Å². The lowest BCUT2D eigenvalue weighted by atomic mass is 9.75. The van der Waals surface area contributed by atoms with Gasteiger partial charge in [0.1, 0.15) is 23.0 Å². The number of benzene rings is 3. The first-order valence-corrected chi connectivity index (χ1v) is 10.0. The Morgan fingerprint density at radius 2 is 1.55 bits per heavy atom. The van der Waals surface area contributed by atoms with Crippen LogP contribution in [-0.4, -0.2) is 27.1 Å². The molecule has 0 saturated heterocycles. The highest BCUT2D eigenvalue weighted by Crippen LogP contribution is 2.62. The van der Waals surface area contributed by atoms with E-state index in [1.165, 1.54) is 0 Å². The normalized spacial score (nSPS) is 21.1. The average Bonchev–Trinajstić information content (AvgIpc) is 3.28. The molecule has 3 aromatic rings. The lowest BCUT2D eigenvalue weighted by molar-refractivity contribution is -0.118. The van der Waals surface area contributed by atoms with Gasteiger partial charge in [0, 0.05) is 23.3 Å². The fourth-order valence-electron chi connectivity index (χ4n) is 4.69. The summed E-state index contributed by atoms with van der Waals surface area (Å²) in [7, 11) is 4.84. The molecule has 2 aliphatic rings. The van der Waals surface area contributed by atoms with Gasteiger partial charge in [0.2, 0.25) is 0 Å². The highest BCUT2D eigenvalue weighted by atomic mass is 16.5. The number of allylic oxidation sites excluding steroid dienone is 1. The third-order valence-electron chi connectivity index (χ3n) is 6.06. The maximum atomic E-state index is 13.4. The van der Waals surface area contributed by atoms with E-state index in [0.29, 0.717) is 17.2 Å². The van der Waals surface area contributed by atoms with E-state index in [9.17, 15) is 4.79 Å². The van der Waals surface area contributed by atoms with E-state index in [-0.39, 0.29) is 5.78 Å². The molecule has 1 aliphatic carbocycles. The largest absolute Gasteiger partial charge is 0.497 e. The SMILES string of the molecule is COc1ccc([C@@]23Oc4cc(OC)cc(OC)c4C2=CC(=O)[C@H]3c2ccccc2)cc1. The zero-order valence-corrected chi connectivity index (χ0v) is 17.5. The van der Waals surface area contributed by atoms with Crippen molar-refractivity contribution in [3.8, 4) is 23.0 Å². The van der Waals surface area contributed by atoms with Gasteiger partial charge in [0.15, 0.2) is 11.4 Å². The molecule has 0 saturated carbocycles. The van der Waals surface area contributed by atoms with Crippen LogP contribution in [0.25, 0.3) is 5.57 Å². The fraction of sp³-hybridized carbons (Fsp3) is 0.192. The Hall–Kier alpha value is -3.73. The Morgan fingerprint density at radius 3 is 2.19 bits per heavy atom. The van der Waals surface area contributed by atoms with Crippen molar-refractivity contribution in [3.63, 3.8) is 0 Å². The smallest absolute Gasteiger partial charge is 0.174 e. The van der Waals surface area contributed by atoms with Gasteiger partial charge in [0.25, 0.3) is 0 Å². The Labute approximate surface area is 180 Å². The highest BCUT2D eigenvalue weighted by molar-refractivity contribution is 6.12. The van der Waals surface area contributed by atoms with Crippen molar-refractivity contribution < 1.29 is 23.7 Å². The molecule has 0 fully saturated rings. The summed E-state index contributed by atoms with van der Waals surface area (Å²) in [6.45, 7) is 0. The van der Waals surface area contributed by atoms with Crippen LogP contribution < -0.4 is 18.9 Å². The van der Waals surface area contributed by atoms with E-state index in [1.807, 2.05) is 66.7 Å². The number of ether oxygens (including phenoxy) is 4. The highest BCUT2D eigenvalue weighted by Gasteiger charge is 2.59. The van der Waals surface area contributed by atoms with Crippen molar-refractivity contribution >= 4 is 11.4 Å². The molecule has 5 nitrogen and oxygen atoms in total. The summed E-state index contributed by atoms with van der Waals surface area (Å²) in [5.41, 5.74) is 2.34. The summed E-state index contributed by atoms with van der Waals surface area (Å²) < 4.78 is 23.2. The van der Waals surface area contributed by atoms with Crippen LogP contribution in [0.1, 0.15) is 22.6 Å². The molecule has 0 bridgehead atoms. The van der Waals surface area contributed by atoms with Crippen LogP contribution in [0.2, 0.25) is 0 Å². The molecule has 1 aliphatic heterocycles. The molecule has 5 rings (SSSR count). The van der Waals surface area contributed by atoms with Crippen LogP contribution in [0.5, 0.6) is 23.0 Å². The molecule has 0 aromatic heterocycles. The number of hydrogen-bond donors (Lipinski definition) is 0. The van der Waals surface area contributed by atoms with Crippen molar-refractivity contribution in [1.82, 2.24) is 0 Å². The maximum Gasteiger partial charge on any atom is 0.174 e. The third kappa shape index (κ3) is 2.73. The molecule has 156 valence electrons. The Balaban J connectivity index is 1.78. The zero-order chi connectivity index (χ0) is 21.6. The molecule has 0 radical (unpaired) electrons. The Kier molecular flexibility index (Phi) is 4.47. The van der Waals surface area contributed by atoms with Crippen molar-refractivity contribution in [2.24, 2.45) is 0 Å². The summed E-state index contributed by atoms with van der Waals surface area (Å²) >= 11 is 0. The van der Waals surface area contributed by atoms with E-state index in [0.717, 1.165) is 28.0 Å². The fourth-order valence-corrected chi connectivity index (χ4v) is 4.69. The van der Waals surface area contributed by atoms with Gasteiger partial charge in [0.05, 0.1) is 32.8 Å². The standard InChI is InChI=1S/C26H22O5/c1-28-18-11-9-17(10-12-18)26-20(15-21(27)25(26)16-7-5-4-6-8-16)24-22(30-3)13-19(29-2)14-23(24)31-26/h4-15,25H,1-3H3/t25-,26-/m1/s1. The van der Waals surface area contributed by atoms with Gasteiger partial charge in [-0.15, -0.1) is 0 Å². The van der Waals surface area contributed by atoms with Crippen molar-refractivity contribution in [2.75, 3.05) is 21.3 Å². The van der Waals surface area contributed by atoms with Gasteiger partial charge in [-0.1, -0.05) is 42.5 Å². The molecule has 1 heterocycles. The van der Waals surface area contributed by atoms with Gasteiger partial charge in [-0.3, -0.25) is 4.79 Å². The van der Waals surface area contributed by atoms with Crippen molar-refractivity contribution in [2.45, 2.75) is 11.5 Å². The summed E-state index contributed by atoms with van der Waals surface area (Å²) in [4.78, 5) is 13.4. The monoisotopic (exact) mass is 414 g/mol. The Morgan fingerprint density at radius 1 is 0.839 bits per heavy atom. The van der Waals surface area contributed by atoms with E-state index < -0.39 is 11.5 Å². The van der Waals surface area contributed by atoms with Gasteiger partial charge < -0.3 is 18.9 Å². The van der Waals surface area contributed by atoms with Crippen LogP contribution >= 0.6 is 0 Å². The quantitative estimate of drug-likeness (QED) is 0.603. The molecule has 0 unspecified atom stereocenters. The van der Waals surface area contributed by atoms with Gasteiger partial charge in [-0.05, 0) is 23.8 Å². The van der Waals surface area contributed by atoms with E-state index in [4.69, 9.17) is 18.9 Å². The molecule has 2 atom stereocenters. The molecule has 31 heavy (non-hydrogen) atoms. The van der Waals surface area contributed by atoms with Crippen LogP contribution in [0, 0.1) is 0 Å². The molecule has 3 aromatic carbocycles. The number of methoxy groups -OCH3 is 3. The van der Waals surface area contributed by atoms with E-state index >= 15 is 0 Å². The minimum absolute atomic E-state index is 0.000499. The number of fused-ring (bicyclic) bond motifs is 3. The minimum atomic E-state index is -1.01. The first kappa shape index (κ1) is 19.2. The summed E-state index contributed by atoms with van der Waals surface area (Å²) in [5, 5.41) is 0. The van der Waals surface area contributed by atoms with Gasteiger partial charge in [-0.25, -0.2) is 0 Å². The lowest BCUT2D eigenvalue weighted by Crippen LogP contribution is -2.37. The number of ketones is 1. The molecular formula is C26H22O5. The minimum Gasteiger partial charge on any atom is -0.497 e. The van der Waals surface area contributed by atoms with Crippen LogP contribution in [0.4, 0.5) is 0 Å². The zero-order valence-electron chi connectivity index (χ0n) is 17.5. The summed E-state index contributed by atoms with van der Waals surface area (Å²) in [6.07, 6.45) is 1.70. The van der Waals surface area contributed by atoms with Gasteiger partial charge in [-0.2, -0.15) is 0 Å². The molecule has 0 N–H and O–H groups in total. The van der Waals surface area contributed by atoms with Crippen LogP contribution in [-0.2, 0) is 10.4 Å². The van der Waals surface area contributed by atoms with E-state index in [1.54, 1.807) is 27.4 Å². The second kappa shape index (κ2) is 7.20. The Bertz CT molecular complexity index is 1180. The van der Waals surface area contributed by atoms with E-state index in [2.05, 4.69) is 0 Å². The first-order valence-electron chi connectivity index (χ1n) is 10.0. The number of rotatable bonds is 5. The second-order valence-electron chi connectivity index (χ2n) is 7.57. The number of carbonyl (C=O) groups excluding carboxylic acids is 1. The first-order chi connectivity index (χ1) is 15.1. The van der Waals surface area contributed by atoms with Crippen LogP contribution in [0.3, 0.4) is 0 Å². The molecule has 5 heteroatoms. The van der Waals surface area contributed by atoms with Gasteiger partial charge >= 0.3 is 0 Å². The number of hydrogen-bond acceptors (Lipinski definition) is 5. The topological polar surface area (TPSA) is 54.0 Å². The molecule has 0 amide bonds. The molecular weight excluding hydrogens is 392 g/mol. The van der Waals surface area contributed by atoms with Crippen LogP contribution in [0.15, 0.2) is 72.8 Å². The molecule has 0 spiro atoms. The third-order valence-corrected chi connectivity index (χ3v) is 6.06. The maximum absolute atomic E-state index is 13.4. The number of carbonyl (C=O) groups is 1. The second-order valence-corrected chi connectivity index (χ2v) is 7.57. The average molecular weight is 414 g/mol. The van der Waals surface area contributed by atoms with Crippen molar-refractivity contribution in [1.29, 1.82) is 0 Å². The predicted molar refractivity (Wildman–Crippen MR) is 117 cm³/mol. The predicted octanol–water partition coefficient (Wildman–Crippen LogP) is 4.75. The summed E-state index contributed by atoms with van der Waals surface area (Å²) in [5.74, 6) is 2.08. The lowest BCUT2D eigenvalue weighted by Gasteiger charge is -2.34.